The van der Waals surface area contributed by atoms with E-state index in [1.807, 2.05) is 30.4 Å². The van der Waals surface area contributed by atoms with Crippen LogP contribution in [0.3, 0.4) is 0 Å². The normalized spacial score (nSPS) is 15.3. The van der Waals surface area contributed by atoms with Crippen LogP contribution in [-0.2, 0) is 29.3 Å². The van der Waals surface area contributed by atoms with Crippen molar-refractivity contribution in [1.29, 1.82) is 0 Å². The van der Waals surface area contributed by atoms with Gasteiger partial charge < -0.3 is 10.6 Å². The molecular weight excluding hydrogens is 392 g/mol. The molecule has 1 aromatic carbocycles. The zero-order valence-corrected chi connectivity index (χ0v) is 18.3. The lowest BCUT2D eigenvalue weighted by molar-refractivity contribution is 0.260. The molecule has 0 bridgehead atoms. The Hall–Kier alpha value is -1.90. The Balaban J connectivity index is 1.46. The summed E-state index contributed by atoms with van der Waals surface area (Å²) in [6.07, 6.45) is 2.38. The van der Waals surface area contributed by atoms with Crippen molar-refractivity contribution in [2.45, 2.75) is 31.3 Å². The Kier molecular flexibility index (Phi) is 6.74. The third-order valence-corrected chi connectivity index (χ3v) is 7.21. The molecular formula is C20H28N4O2S2. The van der Waals surface area contributed by atoms with E-state index in [1.54, 1.807) is 13.1 Å². The van der Waals surface area contributed by atoms with E-state index >= 15 is 0 Å². The molecule has 0 fully saturated rings. The summed E-state index contributed by atoms with van der Waals surface area (Å²) in [6, 6.07) is 7.66. The van der Waals surface area contributed by atoms with Crippen molar-refractivity contribution >= 4 is 27.1 Å². The van der Waals surface area contributed by atoms with E-state index in [-0.39, 0.29) is 0 Å². The minimum atomic E-state index is -3.18. The van der Waals surface area contributed by atoms with Gasteiger partial charge in [0, 0.05) is 50.9 Å². The Labute approximate surface area is 171 Å². The molecule has 2 heterocycles. The molecule has 2 N–H and O–H groups in total. The van der Waals surface area contributed by atoms with Crippen molar-refractivity contribution in [3.63, 3.8) is 0 Å². The standard InChI is InChI=1S/C20H28N4O2S2/c1-15-12-16(4-5-19(15)28(3,25)26)13-23-20(21-2)22-8-10-24-9-6-18-17(14-24)7-11-27-18/h4-5,7,11-12H,6,8-10,13-14H2,1-3H3,(H2,21,22,23). The van der Waals surface area contributed by atoms with Crippen LogP contribution < -0.4 is 10.6 Å². The summed E-state index contributed by atoms with van der Waals surface area (Å²) in [5.74, 6) is 0.748. The third-order valence-electron chi connectivity index (χ3n) is 4.93. The van der Waals surface area contributed by atoms with Crippen molar-refractivity contribution in [3.05, 3.63) is 51.2 Å². The number of sulfone groups is 1. The van der Waals surface area contributed by atoms with Gasteiger partial charge in [-0.1, -0.05) is 12.1 Å². The van der Waals surface area contributed by atoms with Gasteiger partial charge in [-0.15, -0.1) is 11.3 Å². The van der Waals surface area contributed by atoms with Gasteiger partial charge >= 0.3 is 0 Å². The maximum atomic E-state index is 11.7. The predicted octanol–water partition coefficient (Wildman–Crippen LogP) is 2.18. The lowest BCUT2D eigenvalue weighted by Crippen LogP contribution is -2.42. The number of aliphatic imine (C=N–C) groups is 1. The number of hydrogen-bond acceptors (Lipinski definition) is 5. The van der Waals surface area contributed by atoms with Gasteiger partial charge in [0.15, 0.2) is 15.8 Å². The highest BCUT2D eigenvalue weighted by atomic mass is 32.2. The van der Waals surface area contributed by atoms with Gasteiger partial charge in [0.1, 0.15) is 0 Å². The number of hydrogen-bond donors (Lipinski definition) is 2. The first-order chi connectivity index (χ1) is 13.4. The molecule has 0 atom stereocenters. The minimum Gasteiger partial charge on any atom is -0.355 e. The molecule has 0 radical (unpaired) electrons. The number of benzene rings is 1. The lowest BCUT2D eigenvalue weighted by Gasteiger charge is -2.27. The van der Waals surface area contributed by atoms with E-state index in [4.69, 9.17) is 0 Å². The summed E-state index contributed by atoms with van der Waals surface area (Å²) in [5.41, 5.74) is 3.25. The van der Waals surface area contributed by atoms with Crippen LogP contribution in [0.5, 0.6) is 0 Å². The minimum absolute atomic E-state index is 0.383. The molecule has 0 aliphatic carbocycles. The molecule has 2 aromatic rings. The summed E-state index contributed by atoms with van der Waals surface area (Å²) in [5, 5.41) is 8.83. The molecule has 1 aliphatic rings. The van der Waals surface area contributed by atoms with Gasteiger partial charge in [-0.05, 0) is 47.5 Å². The van der Waals surface area contributed by atoms with Crippen LogP contribution in [0.1, 0.15) is 21.6 Å². The first-order valence-corrected chi connectivity index (χ1v) is 12.2. The molecule has 0 spiro atoms. The van der Waals surface area contributed by atoms with Gasteiger partial charge in [-0.2, -0.15) is 0 Å². The van der Waals surface area contributed by atoms with Crippen LogP contribution in [0, 0.1) is 6.92 Å². The number of nitrogens with zero attached hydrogens (tertiary/aromatic N) is 2. The van der Waals surface area contributed by atoms with Crippen LogP contribution in [-0.4, -0.2) is 52.2 Å². The second kappa shape index (κ2) is 9.07. The summed E-state index contributed by atoms with van der Waals surface area (Å²) in [7, 11) is -1.43. The van der Waals surface area contributed by atoms with Gasteiger partial charge in [0.2, 0.25) is 0 Å². The third kappa shape index (κ3) is 5.33. The number of thiophene rings is 1. The smallest absolute Gasteiger partial charge is 0.191 e. The van der Waals surface area contributed by atoms with Crippen molar-refractivity contribution in [2.75, 3.05) is 32.9 Å². The highest BCUT2D eigenvalue weighted by molar-refractivity contribution is 7.90. The molecule has 28 heavy (non-hydrogen) atoms. The van der Waals surface area contributed by atoms with Crippen molar-refractivity contribution in [2.24, 2.45) is 4.99 Å². The highest BCUT2D eigenvalue weighted by Gasteiger charge is 2.16. The second-order valence-electron chi connectivity index (χ2n) is 7.12. The molecule has 1 aliphatic heterocycles. The largest absolute Gasteiger partial charge is 0.355 e. The Morgan fingerprint density at radius 1 is 1.29 bits per heavy atom. The fourth-order valence-electron chi connectivity index (χ4n) is 3.47. The summed E-state index contributed by atoms with van der Waals surface area (Å²) in [6.45, 7) is 6.34. The van der Waals surface area contributed by atoms with E-state index in [1.165, 1.54) is 16.7 Å². The molecule has 152 valence electrons. The fraction of sp³-hybridized carbons (Fsp3) is 0.450. The lowest BCUT2D eigenvalue weighted by atomic mass is 10.1. The van der Waals surface area contributed by atoms with E-state index in [0.717, 1.165) is 49.7 Å². The van der Waals surface area contributed by atoms with Gasteiger partial charge in [0.05, 0.1) is 4.90 Å². The monoisotopic (exact) mass is 420 g/mol. The number of fused-ring (bicyclic) bond motifs is 1. The zero-order chi connectivity index (χ0) is 20.1. The van der Waals surface area contributed by atoms with Crippen molar-refractivity contribution in [3.8, 4) is 0 Å². The zero-order valence-electron chi connectivity index (χ0n) is 16.7. The van der Waals surface area contributed by atoms with Crippen LogP contribution in [0.2, 0.25) is 0 Å². The van der Waals surface area contributed by atoms with Crippen LogP contribution in [0.4, 0.5) is 0 Å². The predicted molar refractivity (Wildman–Crippen MR) is 116 cm³/mol. The average Bonchev–Trinajstić information content (AvgIpc) is 3.11. The molecule has 6 nitrogen and oxygen atoms in total. The molecule has 0 saturated carbocycles. The SMILES string of the molecule is CN=C(NCCN1CCc2sccc2C1)NCc1ccc(S(C)(=O)=O)c(C)c1. The van der Waals surface area contributed by atoms with Crippen LogP contribution in [0.25, 0.3) is 0 Å². The molecule has 0 unspecified atom stereocenters. The van der Waals surface area contributed by atoms with Crippen molar-refractivity contribution < 1.29 is 8.42 Å². The molecule has 1 aromatic heterocycles. The first-order valence-electron chi connectivity index (χ1n) is 9.38. The Morgan fingerprint density at radius 3 is 2.82 bits per heavy atom. The van der Waals surface area contributed by atoms with Crippen LogP contribution >= 0.6 is 11.3 Å². The van der Waals surface area contributed by atoms with Gasteiger partial charge in [-0.25, -0.2) is 8.42 Å². The molecule has 8 heteroatoms. The molecule has 3 rings (SSSR count). The van der Waals surface area contributed by atoms with Gasteiger partial charge in [-0.3, -0.25) is 9.89 Å². The van der Waals surface area contributed by atoms with Crippen molar-refractivity contribution in [1.82, 2.24) is 15.5 Å². The number of guanidine groups is 1. The second-order valence-corrected chi connectivity index (χ2v) is 10.1. The number of aryl methyl sites for hydroxylation is 1. The summed E-state index contributed by atoms with van der Waals surface area (Å²) >= 11 is 1.86. The maximum absolute atomic E-state index is 11.7. The maximum Gasteiger partial charge on any atom is 0.191 e. The average molecular weight is 421 g/mol. The molecule has 0 saturated heterocycles. The van der Waals surface area contributed by atoms with E-state index < -0.39 is 9.84 Å². The topological polar surface area (TPSA) is 73.8 Å². The van der Waals surface area contributed by atoms with Gasteiger partial charge in [0.25, 0.3) is 0 Å². The Morgan fingerprint density at radius 2 is 2.11 bits per heavy atom. The molecule has 0 amide bonds. The number of nitrogens with one attached hydrogen (secondary N) is 2. The van der Waals surface area contributed by atoms with E-state index in [9.17, 15) is 8.42 Å². The van der Waals surface area contributed by atoms with E-state index in [2.05, 4.69) is 32.0 Å². The fourth-order valence-corrected chi connectivity index (χ4v) is 5.32. The van der Waals surface area contributed by atoms with E-state index in [0.29, 0.717) is 11.4 Å². The number of rotatable bonds is 6. The Bertz CT molecular complexity index is 951. The summed E-state index contributed by atoms with van der Waals surface area (Å²) < 4.78 is 23.5. The highest BCUT2D eigenvalue weighted by Crippen LogP contribution is 2.23. The first kappa shape index (κ1) is 20.8. The summed E-state index contributed by atoms with van der Waals surface area (Å²) in [4.78, 5) is 8.65. The van der Waals surface area contributed by atoms with Crippen LogP contribution in [0.15, 0.2) is 39.5 Å². The quantitative estimate of drug-likeness (QED) is 0.554.